The molecule has 0 aliphatic rings. The summed E-state index contributed by atoms with van der Waals surface area (Å²) in [6.45, 7) is 3.98. The van der Waals surface area contributed by atoms with E-state index >= 15 is 0 Å². The average molecular weight is 259 g/mol. The molecule has 1 aromatic carbocycles. The Kier molecular flexibility index (Phi) is 5.12. The Hall–Kier alpha value is -1.65. The molecule has 19 heavy (non-hydrogen) atoms. The second-order valence-electron chi connectivity index (χ2n) is 4.77. The summed E-state index contributed by atoms with van der Waals surface area (Å²) in [5, 5.41) is 16.9. The Bertz CT molecular complexity index is 482. The van der Waals surface area contributed by atoms with Gasteiger partial charge in [0.2, 0.25) is 0 Å². The Balaban J connectivity index is 1.78. The Labute approximate surface area is 114 Å². The summed E-state index contributed by atoms with van der Waals surface area (Å²) in [5.41, 5.74) is 2.16. The third-order valence-electron chi connectivity index (χ3n) is 3.28. The van der Waals surface area contributed by atoms with Crippen LogP contribution in [-0.4, -0.2) is 20.9 Å². The van der Waals surface area contributed by atoms with E-state index in [4.69, 9.17) is 0 Å². The molecular formula is C15H21N3O. The van der Waals surface area contributed by atoms with Crippen molar-refractivity contribution >= 4 is 0 Å². The number of hydrogen-bond acceptors (Lipinski definition) is 3. The first-order chi connectivity index (χ1) is 9.29. The summed E-state index contributed by atoms with van der Waals surface area (Å²) >= 11 is 0. The molecule has 0 bridgehead atoms. The lowest BCUT2D eigenvalue weighted by atomic mass is 10.1. The first-order valence-corrected chi connectivity index (χ1v) is 6.68. The van der Waals surface area contributed by atoms with Crippen LogP contribution in [0.2, 0.25) is 0 Å². The summed E-state index contributed by atoms with van der Waals surface area (Å²) in [4.78, 5) is 0. The number of hydrogen-bond donors (Lipinski definition) is 2. The summed E-state index contributed by atoms with van der Waals surface area (Å²) < 4.78 is 1.94. The van der Waals surface area contributed by atoms with Gasteiger partial charge in [-0.15, -0.1) is 0 Å². The van der Waals surface area contributed by atoms with E-state index in [1.807, 2.05) is 35.1 Å². The van der Waals surface area contributed by atoms with Gasteiger partial charge in [0.1, 0.15) is 0 Å². The minimum absolute atomic E-state index is 0.0967. The summed E-state index contributed by atoms with van der Waals surface area (Å²) in [6, 6.07) is 10.3. The van der Waals surface area contributed by atoms with E-state index in [-0.39, 0.29) is 6.61 Å². The third-order valence-corrected chi connectivity index (χ3v) is 3.28. The van der Waals surface area contributed by atoms with Crippen LogP contribution in [0.4, 0.5) is 0 Å². The zero-order chi connectivity index (χ0) is 13.5. The maximum absolute atomic E-state index is 9.27. The van der Waals surface area contributed by atoms with Crippen LogP contribution in [0.1, 0.15) is 24.5 Å². The van der Waals surface area contributed by atoms with Crippen LogP contribution in [-0.2, 0) is 19.7 Å². The Morgan fingerprint density at radius 2 is 2.05 bits per heavy atom. The van der Waals surface area contributed by atoms with Crippen LogP contribution in [0.25, 0.3) is 0 Å². The van der Waals surface area contributed by atoms with Gasteiger partial charge in [-0.2, -0.15) is 5.10 Å². The highest BCUT2D eigenvalue weighted by atomic mass is 16.3. The molecule has 1 unspecified atom stereocenters. The zero-order valence-electron chi connectivity index (χ0n) is 11.3. The third kappa shape index (κ3) is 4.19. The van der Waals surface area contributed by atoms with Crippen molar-refractivity contribution in [2.45, 2.75) is 39.1 Å². The lowest BCUT2D eigenvalue weighted by Gasteiger charge is -2.15. The van der Waals surface area contributed by atoms with Gasteiger partial charge < -0.3 is 10.4 Å². The predicted molar refractivity (Wildman–Crippen MR) is 75.5 cm³/mol. The molecule has 0 aliphatic carbocycles. The monoisotopic (exact) mass is 259 g/mol. The lowest BCUT2D eigenvalue weighted by molar-refractivity contribution is 0.280. The van der Waals surface area contributed by atoms with Gasteiger partial charge in [0.05, 0.1) is 6.61 Å². The summed E-state index contributed by atoms with van der Waals surface area (Å²) in [5.74, 6) is 0. The van der Waals surface area contributed by atoms with E-state index in [0.717, 1.165) is 30.6 Å². The molecule has 0 spiro atoms. The van der Waals surface area contributed by atoms with Gasteiger partial charge >= 0.3 is 0 Å². The second-order valence-corrected chi connectivity index (χ2v) is 4.77. The maximum atomic E-state index is 9.27. The van der Waals surface area contributed by atoms with Crippen molar-refractivity contribution in [3.63, 3.8) is 0 Å². The number of aliphatic hydroxyl groups excluding tert-OH is 1. The highest BCUT2D eigenvalue weighted by Crippen LogP contribution is 2.09. The lowest BCUT2D eigenvalue weighted by Crippen LogP contribution is -2.27. The maximum Gasteiger partial charge on any atom is 0.0685 e. The van der Waals surface area contributed by atoms with E-state index in [1.165, 1.54) is 0 Å². The number of aromatic nitrogens is 2. The molecule has 4 nitrogen and oxygen atoms in total. The molecule has 0 saturated heterocycles. The Morgan fingerprint density at radius 1 is 1.26 bits per heavy atom. The average Bonchev–Trinajstić information content (AvgIpc) is 2.96. The largest absolute Gasteiger partial charge is 0.392 e. The molecule has 1 heterocycles. The number of nitrogens with zero attached hydrogens (tertiary/aromatic N) is 2. The molecule has 4 heteroatoms. The van der Waals surface area contributed by atoms with Crippen LogP contribution >= 0.6 is 0 Å². The van der Waals surface area contributed by atoms with Crippen LogP contribution in [0.3, 0.4) is 0 Å². The highest BCUT2D eigenvalue weighted by Gasteiger charge is 2.04. The summed E-state index contributed by atoms with van der Waals surface area (Å²) in [6.07, 6.45) is 4.81. The fourth-order valence-corrected chi connectivity index (χ4v) is 2.03. The molecule has 0 fully saturated rings. The molecule has 1 atom stereocenters. The number of rotatable bonds is 7. The van der Waals surface area contributed by atoms with Gasteiger partial charge in [-0.25, -0.2) is 0 Å². The molecule has 0 radical (unpaired) electrons. The van der Waals surface area contributed by atoms with Crippen LogP contribution in [0, 0.1) is 0 Å². The van der Waals surface area contributed by atoms with Crippen molar-refractivity contribution < 1.29 is 5.11 Å². The molecular weight excluding hydrogens is 238 g/mol. The minimum atomic E-state index is 0.0967. The minimum Gasteiger partial charge on any atom is -0.392 e. The molecule has 0 saturated carbocycles. The number of aliphatic hydroxyl groups is 1. The first-order valence-electron chi connectivity index (χ1n) is 6.68. The normalized spacial score (nSPS) is 12.5. The van der Waals surface area contributed by atoms with Crippen LogP contribution in [0.5, 0.6) is 0 Å². The van der Waals surface area contributed by atoms with E-state index < -0.39 is 0 Å². The van der Waals surface area contributed by atoms with Crippen molar-refractivity contribution in [1.29, 1.82) is 0 Å². The summed E-state index contributed by atoms with van der Waals surface area (Å²) in [7, 11) is 0. The fourth-order valence-electron chi connectivity index (χ4n) is 2.03. The topological polar surface area (TPSA) is 50.1 Å². The van der Waals surface area contributed by atoms with Gasteiger partial charge in [0.25, 0.3) is 0 Å². The smallest absolute Gasteiger partial charge is 0.0685 e. The van der Waals surface area contributed by atoms with Gasteiger partial charge in [-0.05, 0) is 30.5 Å². The molecule has 2 N–H and O–H groups in total. The molecule has 0 amide bonds. The fraction of sp³-hybridized carbons (Fsp3) is 0.400. The highest BCUT2D eigenvalue weighted by molar-refractivity contribution is 5.26. The number of benzene rings is 1. The van der Waals surface area contributed by atoms with Gasteiger partial charge in [0.15, 0.2) is 0 Å². The van der Waals surface area contributed by atoms with Crippen molar-refractivity contribution in [2.24, 2.45) is 0 Å². The van der Waals surface area contributed by atoms with Crippen molar-refractivity contribution in [2.75, 3.05) is 0 Å². The SMILES string of the molecule is CC(CCn1cccn1)NCc1ccccc1CO. The van der Waals surface area contributed by atoms with Crippen molar-refractivity contribution in [1.82, 2.24) is 15.1 Å². The number of nitrogens with one attached hydrogen (secondary N) is 1. The van der Waals surface area contributed by atoms with Gasteiger partial charge in [0, 0.05) is 31.5 Å². The first kappa shape index (κ1) is 13.8. The Morgan fingerprint density at radius 3 is 2.74 bits per heavy atom. The van der Waals surface area contributed by atoms with E-state index in [0.29, 0.717) is 6.04 Å². The van der Waals surface area contributed by atoms with Gasteiger partial charge in [-0.1, -0.05) is 24.3 Å². The van der Waals surface area contributed by atoms with Crippen molar-refractivity contribution in [3.8, 4) is 0 Å². The van der Waals surface area contributed by atoms with Gasteiger partial charge in [-0.3, -0.25) is 4.68 Å². The molecule has 2 aromatic rings. The molecule has 102 valence electrons. The second kappa shape index (κ2) is 7.07. The molecule has 1 aromatic heterocycles. The molecule has 2 rings (SSSR count). The standard InChI is InChI=1S/C15H21N3O/c1-13(7-10-18-9-4-8-17-18)16-11-14-5-2-3-6-15(14)12-19/h2-6,8-9,13,16,19H,7,10-12H2,1H3. The van der Waals surface area contributed by atoms with Crippen LogP contribution in [0.15, 0.2) is 42.7 Å². The van der Waals surface area contributed by atoms with E-state index in [2.05, 4.69) is 23.4 Å². The zero-order valence-corrected chi connectivity index (χ0v) is 11.3. The van der Waals surface area contributed by atoms with Crippen molar-refractivity contribution in [3.05, 3.63) is 53.9 Å². The number of aryl methyl sites for hydroxylation is 1. The predicted octanol–water partition coefficient (Wildman–Crippen LogP) is 1.94. The van der Waals surface area contributed by atoms with Crippen LogP contribution < -0.4 is 5.32 Å². The quantitative estimate of drug-likeness (QED) is 0.799. The van der Waals surface area contributed by atoms with E-state index in [1.54, 1.807) is 6.20 Å². The molecule has 0 aliphatic heterocycles. The van der Waals surface area contributed by atoms with E-state index in [9.17, 15) is 5.11 Å².